The van der Waals surface area contributed by atoms with Crippen molar-refractivity contribution in [2.45, 2.75) is 24.7 Å². The van der Waals surface area contributed by atoms with Crippen molar-refractivity contribution in [1.82, 2.24) is 0 Å². The van der Waals surface area contributed by atoms with Crippen molar-refractivity contribution in [3.05, 3.63) is 23.7 Å². The molecule has 3 nitrogen and oxygen atoms in total. The van der Waals surface area contributed by atoms with Gasteiger partial charge in [-0.05, 0) is 12.1 Å². The highest BCUT2D eigenvalue weighted by Gasteiger charge is 2.62. The Morgan fingerprint density at radius 1 is 1.29 bits per heavy atom. The number of ether oxygens (including phenoxy) is 1. The molecule has 0 radical (unpaired) electrons. The first kappa shape index (κ1) is 13.9. The minimum atomic E-state index is -5.72. The molecule has 2 N–H and O–H groups in total. The third-order valence-corrected chi connectivity index (χ3v) is 2.04. The number of rotatable bonds is 4. The lowest BCUT2D eigenvalue weighted by Gasteiger charge is -2.24. The van der Waals surface area contributed by atoms with Gasteiger partial charge in [-0.1, -0.05) is 0 Å². The molecule has 1 aromatic rings. The van der Waals surface area contributed by atoms with E-state index >= 15 is 0 Å². The van der Waals surface area contributed by atoms with Crippen molar-refractivity contribution >= 4 is 0 Å². The Labute approximate surface area is 93.3 Å². The van der Waals surface area contributed by atoms with Crippen LogP contribution in [0.2, 0.25) is 0 Å². The first-order valence-corrected chi connectivity index (χ1v) is 4.48. The van der Waals surface area contributed by atoms with E-state index in [4.69, 9.17) is 10.2 Å². The monoisotopic (exact) mass is 259 g/mol. The minimum Gasteiger partial charge on any atom is -0.462 e. The Morgan fingerprint density at radius 3 is 2.35 bits per heavy atom. The quantitative estimate of drug-likeness (QED) is 0.845. The van der Waals surface area contributed by atoms with E-state index in [1.807, 2.05) is 0 Å². The summed E-state index contributed by atoms with van der Waals surface area (Å²) in [6.45, 7) is -0.0374. The van der Waals surface area contributed by atoms with Gasteiger partial charge in [0.15, 0.2) is 0 Å². The molecule has 0 aliphatic heterocycles. The molecule has 0 aromatic carbocycles. The van der Waals surface area contributed by atoms with Gasteiger partial charge in [0.25, 0.3) is 0 Å². The molecule has 8 heteroatoms. The predicted octanol–water partition coefficient (Wildman–Crippen LogP) is 2.62. The van der Waals surface area contributed by atoms with Crippen LogP contribution in [0.1, 0.15) is 17.6 Å². The van der Waals surface area contributed by atoms with Gasteiger partial charge < -0.3 is 14.9 Å². The zero-order valence-electron chi connectivity index (χ0n) is 8.72. The molecule has 0 aliphatic carbocycles. The number of hydrogen-bond donors (Lipinski definition) is 1. The summed E-state index contributed by atoms with van der Waals surface area (Å²) in [5.74, 6) is -5.56. The van der Waals surface area contributed by atoms with Gasteiger partial charge in [0.05, 0.1) is 0 Å². The number of hydrogen-bond acceptors (Lipinski definition) is 3. The molecule has 0 aliphatic rings. The fraction of sp³-hybridized carbons (Fsp3) is 0.556. The molecule has 17 heavy (non-hydrogen) atoms. The molecule has 1 rings (SSSR count). The second kappa shape index (κ2) is 4.61. The lowest BCUT2D eigenvalue weighted by Crippen LogP contribution is -2.45. The second-order valence-electron chi connectivity index (χ2n) is 3.34. The van der Waals surface area contributed by atoms with Crippen molar-refractivity contribution in [2.75, 3.05) is 7.11 Å². The third-order valence-electron chi connectivity index (χ3n) is 2.04. The van der Waals surface area contributed by atoms with E-state index in [0.717, 1.165) is 6.07 Å². The van der Waals surface area contributed by atoms with Gasteiger partial charge >= 0.3 is 12.1 Å². The van der Waals surface area contributed by atoms with Gasteiger partial charge in [0.2, 0.25) is 0 Å². The summed E-state index contributed by atoms with van der Waals surface area (Å²) in [7, 11) is 1.33. The van der Waals surface area contributed by atoms with Crippen LogP contribution in [0.3, 0.4) is 0 Å². The Morgan fingerprint density at radius 2 is 1.88 bits per heavy atom. The zero-order chi connectivity index (χ0) is 13.3. The zero-order valence-corrected chi connectivity index (χ0v) is 8.72. The van der Waals surface area contributed by atoms with Gasteiger partial charge in [-0.25, -0.2) is 0 Å². The Balaban J connectivity index is 2.92. The normalized spacial score (nSPS) is 15.0. The van der Waals surface area contributed by atoms with Gasteiger partial charge in [-0.2, -0.15) is 22.0 Å². The smallest absolute Gasteiger partial charge is 0.455 e. The van der Waals surface area contributed by atoms with Crippen LogP contribution in [0.5, 0.6) is 0 Å². The maximum Gasteiger partial charge on any atom is 0.455 e. The average molecular weight is 259 g/mol. The van der Waals surface area contributed by atoms with Crippen molar-refractivity contribution in [2.24, 2.45) is 5.73 Å². The van der Waals surface area contributed by atoms with Crippen LogP contribution in [0.4, 0.5) is 22.0 Å². The Hall–Kier alpha value is -1.15. The van der Waals surface area contributed by atoms with Crippen LogP contribution in [-0.2, 0) is 11.3 Å². The van der Waals surface area contributed by atoms with Crippen molar-refractivity contribution in [3.63, 3.8) is 0 Å². The van der Waals surface area contributed by atoms with Crippen LogP contribution in [-0.4, -0.2) is 19.2 Å². The molecule has 1 heterocycles. The highest BCUT2D eigenvalue weighted by Crippen LogP contribution is 2.43. The van der Waals surface area contributed by atoms with E-state index in [-0.39, 0.29) is 12.4 Å². The van der Waals surface area contributed by atoms with Gasteiger partial charge in [0, 0.05) is 7.11 Å². The van der Waals surface area contributed by atoms with Crippen molar-refractivity contribution < 1.29 is 31.1 Å². The fourth-order valence-corrected chi connectivity index (χ4v) is 1.14. The Bertz CT molecular complexity index is 374. The molecule has 1 unspecified atom stereocenters. The van der Waals surface area contributed by atoms with E-state index in [1.54, 1.807) is 0 Å². The van der Waals surface area contributed by atoms with Crippen LogP contribution in [0, 0.1) is 0 Å². The van der Waals surface area contributed by atoms with E-state index in [2.05, 4.69) is 4.74 Å². The van der Waals surface area contributed by atoms with Crippen LogP contribution in [0.25, 0.3) is 0 Å². The van der Waals surface area contributed by atoms with Crippen LogP contribution in [0.15, 0.2) is 16.5 Å². The summed E-state index contributed by atoms with van der Waals surface area (Å²) in [5, 5.41) is 0. The summed E-state index contributed by atoms with van der Waals surface area (Å²) in [6.07, 6.45) is -5.72. The van der Waals surface area contributed by atoms with Gasteiger partial charge in [-0.15, -0.1) is 0 Å². The summed E-state index contributed by atoms with van der Waals surface area (Å²) in [6, 6.07) is -0.378. The maximum absolute atomic E-state index is 12.9. The molecular weight excluding hydrogens is 249 g/mol. The number of methoxy groups -OCH3 is 1. The van der Waals surface area contributed by atoms with E-state index in [1.165, 1.54) is 13.2 Å². The first-order valence-electron chi connectivity index (χ1n) is 4.48. The number of furan rings is 1. The number of alkyl halides is 5. The average Bonchev–Trinajstić information content (AvgIpc) is 2.64. The third kappa shape index (κ3) is 2.75. The predicted molar refractivity (Wildman–Crippen MR) is 47.4 cm³/mol. The molecule has 1 atom stereocenters. The fourth-order valence-electron chi connectivity index (χ4n) is 1.14. The van der Waals surface area contributed by atoms with Crippen LogP contribution >= 0.6 is 0 Å². The standard InChI is InChI=1S/C9H10F5NO2/c1-16-4-5-2-3-6(17-5)7(15)8(10,11)9(12,13)14/h2-3,7H,4,15H2,1H3. The lowest BCUT2D eigenvalue weighted by atomic mass is 10.1. The van der Waals surface area contributed by atoms with E-state index in [0.29, 0.717) is 0 Å². The molecular formula is C9H10F5NO2. The molecule has 0 saturated heterocycles. The SMILES string of the molecule is COCc1ccc(C(N)C(F)(F)C(F)(F)F)o1. The topological polar surface area (TPSA) is 48.4 Å². The maximum atomic E-state index is 12.9. The summed E-state index contributed by atoms with van der Waals surface area (Å²) >= 11 is 0. The second-order valence-corrected chi connectivity index (χ2v) is 3.34. The largest absolute Gasteiger partial charge is 0.462 e. The summed E-state index contributed by atoms with van der Waals surface area (Å²) in [5.41, 5.74) is 4.86. The lowest BCUT2D eigenvalue weighted by molar-refractivity contribution is -0.292. The first-order chi connectivity index (χ1) is 7.70. The molecule has 1 aromatic heterocycles. The summed E-state index contributed by atoms with van der Waals surface area (Å²) in [4.78, 5) is 0. The molecule has 0 fully saturated rings. The Kier molecular flexibility index (Phi) is 3.78. The molecule has 0 bridgehead atoms. The number of nitrogens with two attached hydrogens (primary N) is 1. The van der Waals surface area contributed by atoms with E-state index < -0.39 is 23.9 Å². The van der Waals surface area contributed by atoms with Gasteiger partial charge in [-0.3, -0.25) is 0 Å². The molecule has 0 amide bonds. The van der Waals surface area contributed by atoms with Crippen LogP contribution < -0.4 is 5.73 Å². The molecule has 0 spiro atoms. The minimum absolute atomic E-state index is 0.0374. The van der Waals surface area contributed by atoms with Crippen molar-refractivity contribution in [3.8, 4) is 0 Å². The molecule has 98 valence electrons. The highest BCUT2D eigenvalue weighted by molar-refractivity contribution is 5.13. The van der Waals surface area contributed by atoms with E-state index in [9.17, 15) is 22.0 Å². The number of halogens is 5. The summed E-state index contributed by atoms with van der Waals surface area (Å²) < 4.78 is 71.2. The highest BCUT2D eigenvalue weighted by atomic mass is 19.4. The van der Waals surface area contributed by atoms with Gasteiger partial charge in [0.1, 0.15) is 24.2 Å². The van der Waals surface area contributed by atoms with Crippen molar-refractivity contribution in [1.29, 1.82) is 0 Å². The molecule has 0 saturated carbocycles.